The van der Waals surface area contributed by atoms with E-state index in [-0.39, 0.29) is 22.8 Å². The van der Waals surface area contributed by atoms with E-state index in [0.29, 0.717) is 12.3 Å². The molecule has 1 aliphatic heterocycles. The molecule has 4 nitrogen and oxygen atoms in total. The van der Waals surface area contributed by atoms with Gasteiger partial charge in [-0.15, -0.1) is 0 Å². The number of benzene rings is 1. The summed E-state index contributed by atoms with van der Waals surface area (Å²) in [5.41, 5.74) is 0.542. The molecule has 2 rings (SSSR count). The zero-order chi connectivity index (χ0) is 15.6. The van der Waals surface area contributed by atoms with Gasteiger partial charge in [0.1, 0.15) is 11.2 Å². The predicted molar refractivity (Wildman–Crippen MR) is 84.3 cm³/mol. The predicted octanol–water partition coefficient (Wildman–Crippen LogP) is 2.34. The average Bonchev–Trinajstić information content (AvgIpc) is 2.47. The fourth-order valence-corrected chi connectivity index (χ4v) is 5.29. The van der Waals surface area contributed by atoms with Crippen LogP contribution < -0.4 is 4.90 Å². The zero-order valence-electron chi connectivity index (χ0n) is 12.0. The highest BCUT2D eigenvalue weighted by Gasteiger charge is 2.34. The van der Waals surface area contributed by atoms with E-state index in [4.69, 9.17) is 0 Å². The molecule has 7 heteroatoms. The molecular formula is C14H18FNO3S2. The number of anilines is 1. The topological polar surface area (TPSA) is 54.5 Å². The maximum Gasteiger partial charge on any atom is 0.171 e. The highest BCUT2D eigenvalue weighted by molar-refractivity contribution is 8.01. The van der Waals surface area contributed by atoms with E-state index in [9.17, 15) is 17.6 Å². The third-order valence-electron chi connectivity index (χ3n) is 3.57. The van der Waals surface area contributed by atoms with Crippen LogP contribution in [0.4, 0.5) is 10.1 Å². The molecule has 0 aliphatic carbocycles. The van der Waals surface area contributed by atoms with Gasteiger partial charge in [-0.2, -0.15) is 11.8 Å². The minimum atomic E-state index is -3.29. The summed E-state index contributed by atoms with van der Waals surface area (Å²) in [5, 5.41) is -0.709. The lowest BCUT2D eigenvalue weighted by Crippen LogP contribution is -2.48. The fraction of sp³-hybridized carbons (Fsp3) is 0.500. The molecule has 1 unspecified atom stereocenters. The number of carbonyl (C=O) groups is 1. The summed E-state index contributed by atoms with van der Waals surface area (Å²) in [6.45, 7) is 3.45. The van der Waals surface area contributed by atoms with Crippen LogP contribution in [0.5, 0.6) is 0 Å². The molecule has 1 saturated heterocycles. The SMILES string of the molecule is CCS(=O)(=O)C1CSCCN1c1ccc(C(C)=O)cc1F. The van der Waals surface area contributed by atoms with Gasteiger partial charge in [0.2, 0.25) is 0 Å². The normalized spacial score (nSPS) is 19.6. The lowest BCUT2D eigenvalue weighted by molar-refractivity contribution is 0.101. The van der Waals surface area contributed by atoms with Crippen molar-refractivity contribution in [1.29, 1.82) is 0 Å². The van der Waals surface area contributed by atoms with Crippen LogP contribution in [0, 0.1) is 5.82 Å². The van der Waals surface area contributed by atoms with E-state index in [1.807, 2.05) is 0 Å². The number of ketones is 1. The molecule has 21 heavy (non-hydrogen) atoms. The minimum absolute atomic E-state index is 0.0296. The van der Waals surface area contributed by atoms with Gasteiger partial charge in [-0.05, 0) is 25.1 Å². The van der Waals surface area contributed by atoms with Gasteiger partial charge in [0.25, 0.3) is 0 Å². The van der Waals surface area contributed by atoms with Crippen LogP contribution in [0.3, 0.4) is 0 Å². The van der Waals surface area contributed by atoms with Gasteiger partial charge in [-0.1, -0.05) is 6.92 Å². The summed E-state index contributed by atoms with van der Waals surface area (Å²) in [5.74, 6) is 0.452. The van der Waals surface area contributed by atoms with E-state index in [1.54, 1.807) is 23.6 Å². The van der Waals surface area contributed by atoms with E-state index in [2.05, 4.69) is 0 Å². The average molecular weight is 331 g/mol. The summed E-state index contributed by atoms with van der Waals surface area (Å²) in [7, 11) is -3.29. The van der Waals surface area contributed by atoms with Crippen molar-refractivity contribution in [2.45, 2.75) is 19.2 Å². The first-order valence-corrected chi connectivity index (χ1v) is 9.60. The summed E-state index contributed by atoms with van der Waals surface area (Å²) in [4.78, 5) is 12.9. The standard InChI is InChI=1S/C14H18FNO3S2/c1-3-21(18,19)14-9-20-7-6-16(14)13-5-4-11(10(2)17)8-12(13)15/h4-5,8,14H,3,6-7,9H2,1-2H3. The third-order valence-corrected chi connectivity index (χ3v) is 6.85. The van der Waals surface area contributed by atoms with Crippen LogP contribution in [0.25, 0.3) is 0 Å². The fourth-order valence-electron chi connectivity index (χ4n) is 2.31. The van der Waals surface area contributed by atoms with Crippen molar-refractivity contribution >= 4 is 33.1 Å². The Bertz CT molecular complexity index is 646. The minimum Gasteiger partial charge on any atom is -0.351 e. The largest absolute Gasteiger partial charge is 0.351 e. The summed E-state index contributed by atoms with van der Waals surface area (Å²) >= 11 is 1.56. The smallest absolute Gasteiger partial charge is 0.171 e. The Morgan fingerprint density at radius 1 is 1.48 bits per heavy atom. The monoisotopic (exact) mass is 331 g/mol. The van der Waals surface area contributed by atoms with E-state index >= 15 is 0 Å². The van der Waals surface area contributed by atoms with Crippen LogP contribution in [0.1, 0.15) is 24.2 Å². The van der Waals surface area contributed by atoms with Crippen molar-refractivity contribution in [3.05, 3.63) is 29.6 Å². The van der Waals surface area contributed by atoms with Crippen molar-refractivity contribution in [1.82, 2.24) is 0 Å². The number of hydrogen-bond acceptors (Lipinski definition) is 5. The molecule has 0 bridgehead atoms. The van der Waals surface area contributed by atoms with E-state index < -0.39 is 21.0 Å². The number of thioether (sulfide) groups is 1. The summed E-state index contributed by atoms with van der Waals surface area (Å²) < 4.78 is 38.7. The number of carbonyl (C=O) groups excluding carboxylic acids is 1. The molecule has 0 amide bonds. The molecule has 1 aliphatic rings. The number of sulfone groups is 1. The molecule has 0 aromatic heterocycles. The Morgan fingerprint density at radius 3 is 2.76 bits per heavy atom. The van der Waals surface area contributed by atoms with Gasteiger partial charge in [0, 0.05) is 29.4 Å². The Balaban J connectivity index is 2.40. The number of nitrogens with zero attached hydrogens (tertiary/aromatic N) is 1. The first-order valence-electron chi connectivity index (χ1n) is 6.73. The lowest BCUT2D eigenvalue weighted by atomic mass is 10.1. The molecular weight excluding hydrogens is 313 g/mol. The summed E-state index contributed by atoms with van der Waals surface area (Å²) in [6, 6.07) is 4.22. The van der Waals surface area contributed by atoms with Gasteiger partial charge in [-0.3, -0.25) is 4.79 Å². The second kappa shape index (κ2) is 6.36. The van der Waals surface area contributed by atoms with Gasteiger partial charge < -0.3 is 4.90 Å². The van der Waals surface area contributed by atoms with E-state index in [0.717, 1.165) is 5.75 Å². The molecule has 1 aromatic rings. The first-order chi connectivity index (χ1) is 9.86. The zero-order valence-corrected chi connectivity index (χ0v) is 13.6. The van der Waals surface area contributed by atoms with Crippen LogP contribution in [-0.2, 0) is 9.84 Å². The molecule has 0 N–H and O–H groups in total. The van der Waals surface area contributed by atoms with Crippen molar-refractivity contribution in [2.75, 3.05) is 28.7 Å². The third kappa shape index (κ3) is 3.40. The molecule has 1 aromatic carbocycles. The van der Waals surface area contributed by atoms with Crippen LogP contribution in [-0.4, -0.2) is 43.4 Å². The Morgan fingerprint density at radius 2 is 2.19 bits per heavy atom. The maximum absolute atomic E-state index is 14.3. The Labute approximate surface area is 128 Å². The molecule has 1 fully saturated rings. The lowest BCUT2D eigenvalue weighted by Gasteiger charge is -2.36. The number of rotatable bonds is 4. The van der Waals surface area contributed by atoms with Crippen LogP contribution >= 0.6 is 11.8 Å². The van der Waals surface area contributed by atoms with Crippen molar-refractivity contribution in [3.63, 3.8) is 0 Å². The highest BCUT2D eigenvalue weighted by atomic mass is 32.2. The Kier molecular flexibility index (Phi) is 4.93. The number of Topliss-reactive ketones (excluding diaryl/α,β-unsaturated/α-hetero) is 1. The van der Waals surface area contributed by atoms with Gasteiger partial charge in [-0.25, -0.2) is 12.8 Å². The molecule has 0 spiro atoms. The molecule has 1 heterocycles. The highest BCUT2D eigenvalue weighted by Crippen LogP contribution is 2.30. The van der Waals surface area contributed by atoms with Crippen molar-refractivity contribution < 1.29 is 17.6 Å². The van der Waals surface area contributed by atoms with Gasteiger partial charge in [0.15, 0.2) is 15.6 Å². The first kappa shape index (κ1) is 16.3. The molecule has 0 saturated carbocycles. The second-order valence-electron chi connectivity index (χ2n) is 4.90. The maximum atomic E-state index is 14.3. The van der Waals surface area contributed by atoms with Gasteiger partial charge >= 0.3 is 0 Å². The van der Waals surface area contributed by atoms with Crippen LogP contribution in [0.2, 0.25) is 0 Å². The van der Waals surface area contributed by atoms with Crippen LogP contribution in [0.15, 0.2) is 18.2 Å². The molecule has 116 valence electrons. The summed E-state index contributed by atoms with van der Waals surface area (Å²) in [6.07, 6.45) is 0. The molecule has 1 atom stereocenters. The van der Waals surface area contributed by atoms with Crippen molar-refractivity contribution in [3.8, 4) is 0 Å². The Hall–Kier alpha value is -1.08. The van der Waals surface area contributed by atoms with Crippen molar-refractivity contribution in [2.24, 2.45) is 0 Å². The number of halogens is 1. The number of hydrogen-bond donors (Lipinski definition) is 0. The quantitative estimate of drug-likeness (QED) is 0.793. The van der Waals surface area contributed by atoms with E-state index in [1.165, 1.54) is 25.1 Å². The molecule has 0 radical (unpaired) electrons. The van der Waals surface area contributed by atoms with Gasteiger partial charge in [0.05, 0.1) is 5.69 Å². The second-order valence-corrected chi connectivity index (χ2v) is 8.49.